The molecule has 0 bridgehead atoms. The molecule has 1 saturated heterocycles. The molecule has 18 heavy (non-hydrogen) atoms. The third kappa shape index (κ3) is 4.02. The van der Waals surface area contributed by atoms with Gasteiger partial charge in [-0.2, -0.15) is 0 Å². The minimum Gasteiger partial charge on any atom is -0.390 e. The van der Waals surface area contributed by atoms with E-state index in [1.165, 1.54) is 17.7 Å². The maximum absolute atomic E-state index is 9.95. The highest BCUT2D eigenvalue weighted by atomic mass is 32.1. The molecule has 102 valence electrons. The normalized spacial score (nSPS) is 18.4. The van der Waals surface area contributed by atoms with Gasteiger partial charge in [-0.3, -0.25) is 0 Å². The molecule has 0 aliphatic carbocycles. The van der Waals surface area contributed by atoms with Crippen molar-refractivity contribution >= 4 is 11.3 Å². The zero-order valence-corrected chi connectivity index (χ0v) is 12.1. The number of aromatic nitrogens is 1. The zero-order chi connectivity index (χ0) is 13.0. The Labute approximate surface area is 113 Å². The lowest BCUT2D eigenvalue weighted by atomic mass is 10.3. The summed E-state index contributed by atoms with van der Waals surface area (Å²) in [5.74, 6) is 0. The lowest BCUT2D eigenvalue weighted by molar-refractivity contribution is 0.123. The van der Waals surface area contributed by atoms with Crippen LogP contribution in [0.15, 0.2) is 0 Å². The molecule has 1 fully saturated rings. The van der Waals surface area contributed by atoms with Crippen LogP contribution in [0.25, 0.3) is 0 Å². The summed E-state index contributed by atoms with van der Waals surface area (Å²) in [4.78, 5) is 8.02. The van der Waals surface area contributed by atoms with Crippen molar-refractivity contribution in [3.8, 4) is 0 Å². The van der Waals surface area contributed by atoms with E-state index in [0.29, 0.717) is 6.54 Å². The minimum absolute atomic E-state index is 0.266. The molecule has 0 spiro atoms. The number of nitrogens with one attached hydrogen (secondary N) is 1. The number of hydrogen-bond acceptors (Lipinski definition) is 5. The second kappa shape index (κ2) is 6.61. The standard InChI is InChI=1S/C13H23N3OS/c1-10-13(18-11(2)15-10)8-14-7-12(17)9-16-5-3-4-6-16/h12,14,17H,3-9H2,1-2H3. The van der Waals surface area contributed by atoms with Gasteiger partial charge in [0.2, 0.25) is 0 Å². The van der Waals surface area contributed by atoms with Crippen LogP contribution >= 0.6 is 11.3 Å². The summed E-state index contributed by atoms with van der Waals surface area (Å²) in [6.45, 7) is 8.63. The fraction of sp³-hybridized carbons (Fsp3) is 0.769. The predicted octanol–water partition coefficient (Wildman–Crippen LogP) is 1.31. The molecule has 1 aromatic rings. The van der Waals surface area contributed by atoms with Gasteiger partial charge in [-0.1, -0.05) is 0 Å². The van der Waals surface area contributed by atoms with Crippen LogP contribution in [-0.2, 0) is 6.54 Å². The maximum Gasteiger partial charge on any atom is 0.0900 e. The Kier molecular flexibility index (Phi) is 5.12. The molecule has 0 aromatic carbocycles. The summed E-state index contributed by atoms with van der Waals surface area (Å²) in [6.07, 6.45) is 2.29. The number of thiazole rings is 1. The van der Waals surface area contributed by atoms with Crippen LogP contribution in [-0.4, -0.2) is 47.3 Å². The highest BCUT2D eigenvalue weighted by Crippen LogP contribution is 2.16. The summed E-state index contributed by atoms with van der Waals surface area (Å²) in [7, 11) is 0. The molecule has 1 unspecified atom stereocenters. The Morgan fingerprint density at radius 1 is 1.39 bits per heavy atom. The predicted molar refractivity (Wildman–Crippen MR) is 75.0 cm³/mol. The topological polar surface area (TPSA) is 48.4 Å². The van der Waals surface area contributed by atoms with Crippen LogP contribution in [0.1, 0.15) is 28.4 Å². The Hall–Kier alpha value is -0.490. The van der Waals surface area contributed by atoms with Crippen molar-refractivity contribution in [3.05, 3.63) is 15.6 Å². The second-order valence-corrected chi connectivity index (χ2v) is 6.32. The van der Waals surface area contributed by atoms with E-state index in [1.54, 1.807) is 11.3 Å². The fourth-order valence-electron chi connectivity index (χ4n) is 2.42. The van der Waals surface area contributed by atoms with E-state index < -0.39 is 0 Å². The summed E-state index contributed by atoms with van der Waals surface area (Å²) >= 11 is 1.73. The monoisotopic (exact) mass is 269 g/mol. The summed E-state index contributed by atoms with van der Waals surface area (Å²) in [5, 5.41) is 14.4. The molecular weight excluding hydrogens is 246 g/mol. The van der Waals surface area contributed by atoms with E-state index in [9.17, 15) is 5.11 Å². The SMILES string of the molecule is Cc1nc(C)c(CNCC(O)CN2CCCC2)s1. The number of nitrogens with zero attached hydrogens (tertiary/aromatic N) is 2. The lowest BCUT2D eigenvalue weighted by Crippen LogP contribution is -2.36. The third-order valence-corrected chi connectivity index (χ3v) is 4.41. The highest BCUT2D eigenvalue weighted by Gasteiger charge is 2.15. The van der Waals surface area contributed by atoms with E-state index in [0.717, 1.165) is 36.9 Å². The molecule has 0 radical (unpaired) electrons. The number of likely N-dealkylation sites (tertiary alicyclic amines) is 1. The van der Waals surface area contributed by atoms with Crippen molar-refractivity contribution in [2.45, 2.75) is 39.3 Å². The smallest absolute Gasteiger partial charge is 0.0900 e. The Morgan fingerprint density at radius 2 is 2.11 bits per heavy atom. The van der Waals surface area contributed by atoms with Gasteiger partial charge in [0.05, 0.1) is 16.8 Å². The van der Waals surface area contributed by atoms with Gasteiger partial charge in [-0.25, -0.2) is 4.98 Å². The fourth-order valence-corrected chi connectivity index (χ4v) is 3.32. The van der Waals surface area contributed by atoms with E-state index in [2.05, 4.69) is 15.2 Å². The molecule has 0 saturated carbocycles. The molecule has 1 aliphatic heterocycles. The van der Waals surface area contributed by atoms with E-state index in [1.807, 2.05) is 13.8 Å². The highest BCUT2D eigenvalue weighted by molar-refractivity contribution is 7.11. The van der Waals surface area contributed by atoms with Crippen molar-refractivity contribution in [3.63, 3.8) is 0 Å². The number of β-amino-alcohol motifs (C(OH)–C–C–N with tert-alkyl or cyclic N) is 1. The molecule has 2 heterocycles. The van der Waals surface area contributed by atoms with E-state index in [-0.39, 0.29) is 6.10 Å². The number of aliphatic hydroxyl groups is 1. The number of aryl methyl sites for hydroxylation is 2. The molecule has 1 atom stereocenters. The first kappa shape index (κ1) is 13.9. The van der Waals surface area contributed by atoms with Crippen LogP contribution in [0, 0.1) is 13.8 Å². The molecule has 0 amide bonds. The van der Waals surface area contributed by atoms with Crippen LogP contribution in [0.4, 0.5) is 0 Å². The molecule has 5 heteroatoms. The number of aliphatic hydroxyl groups excluding tert-OH is 1. The third-order valence-electron chi connectivity index (χ3n) is 3.33. The lowest BCUT2D eigenvalue weighted by Gasteiger charge is -2.19. The summed E-state index contributed by atoms with van der Waals surface area (Å²) < 4.78 is 0. The van der Waals surface area contributed by atoms with Gasteiger partial charge in [0.1, 0.15) is 0 Å². The molecule has 4 nitrogen and oxygen atoms in total. The molecule has 1 aliphatic rings. The summed E-state index contributed by atoms with van der Waals surface area (Å²) in [5.41, 5.74) is 1.11. The van der Waals surface area contributed by atoms with Crippen molar-refractivity contribution in [2.24, 2.45) is 0 Å². The van der Waals surface area contributed by atoms with Gasteiger partial charge in [0, 0.05) is 24.5 Å². The second-order valence-electron chi connectivity index (χ2n) is 5.03. The first-order valence-electron chi connectivity index (χ1n) is 6.69. The van der Waals surface area contributed by atoms with Crippen LogP contribution in [0.2, 0.25) is 0 Å². The molecular formula is C13H23N3OS. The van der Waals surface area contributed by atoms with Crippen molar-refractivity contribution < 1.29 is 5.11 Å². The zero-order valence-electron chi connectivity index (χ0n) is 11.3. The van der Waals surface area contributed by atoms with Gasteiger partial charge >= 0.3 is 0 Å². The molecule has 2 N–H and O–H groups in total. The minimum atomic E-state index is -0.266. The van der Waals surface area contributed by atoms with Crippen molar-refractivity contribution in [1.82, 2.24) is 15.2 Å². The average Bonchev–Trinajstić information content (AvgIpc) is 2.89. The maximum atomic E-state index is 9.95. The van der Waals surface area contributed by atoms with Gasteiger partial charge in [0.15, 0.2) is 0 Å². The molecule has 2 rings (SSSR count). The van der Waals surface area contributed by atoms with Crippen molar-refractivity contribution in [1.29, 1.82) is 0 Å². The Morgan fingerprint density at radius 3 is 2.72 bits per heavy atom. The van der Waals surface area contributed by atoms with Crippen LogP contribution in [0.5, 0.6) is 0 Å². The van der Waals surface area contributed by atoms with Gasteiger partial charge in [0.25, 0.3) is 0 Å². The number of rotatable bonds is 6. The van der Waals surface area contributed by atoms with Crippen molar-refractivity contribution in [2.75, 3.05) is 26.2 Å². The largest absolute Gasteiger partial charge is 0.390 e. The average molecular weight is 269 g/mol. The van der Waals surface area contributed by atoms with Gasteiger partial charge in [-0.15, -0.1) is 11.3 Å². The van der Waals surface area contributed by atoms with Crippen LogP contribution in [0.3, 0.4) is 0 Å². The van der Waals surface area contributed by atoms with E-state index >= 15 is 0 Å². The number of hydrogen-bond donors (Lipinski definition) is 2. The van der Waals surface area contributed by atoms with Gasteiger partial charge in [-0.05, 0) is 39.8 Å². The summed E-state index contributed by atoms with van der Waals surface area (Å²) in [6, 6.07) is 0. The Balaban J connectivity index is 1.66. The van der Waals surface area contributed by atoms with Gasteiger partial charge < -0.3 is 15.3 Å². The van der Waals surface area contributed by atoms with Crippen LogP contribution < -0.4 is 5.32 Å². The first-order chi connectivity index (χ1) is 8.65. The first-order valence-corrected chi connectivity index (χ1v) is 7.51. The quantitative estimate of drug-likeness (QED) is 0.817. The Bertz CT molecular complexity index is 374. The molecule has 1 aromatic heterocycles. The van der Waals surface area contributed by atoms with E-state index in [4.69, 9.17) is 0 Å².